The van der Waals surface area contributed by atoms with Gasteiger partial charge in [0.2, 0.25) is 5.91 Å². The first kappa shape index (κ1) is 19.3. The zero-order valence-electron chi connectivity index (χ0n) is 14.2. The number of aromatic nitrogens is 2. The highest BCUT2D eigenvalue weighted by atomic mass is 19.4. The Morgan fingerprint density at radius 3 is 2.43 bits per heavy atom. The van der Waals surface area contributed by atoms with Crippen LogP contribution in [0.5, 0.6) is 0 Å². The molecule has 0 radical (unpaired) electrons. The minimum Gasteiger partial charge on any atom is -0.324 e. The highest BCUT2D eigenvalue weighted by Gasteiger charge is 2.34. The van der Waals surface area contributed by atoms with E-state index in [1.54, 1.807) is 24.3 Å². The Morgan fingerprint density at radius 1 is 1.04 bits per heavy atom. The Hall–Kier alpha value is -3.49. The summed E-state index contributed by atoms with van der Waals surface area (Å²) in [6, 6.07) is 13.8. The largest absolute Gasteiger partial charge is 0.419 e. The third kappa shape index (κ3) is 4.43. The van der Waals surface area contributed by atoms with Crippen LogP contribution in [-0.2, 0) is 17.5 Å². The molecule has 1 aromatic heterocycles. The summed E-state index contributed by atoms with van der Waals surface area (Å²) in [6.07, 6.45) is -4.90. The summed E-state index contributed by atoms with van der Waals surface area (Å²) < 4.78 is 52.5. The van der Waals surface area contributed by atoms with Crippen LogP contribution in [0, 0.1) is 5.82 Å². The molecule has 2 aromatic carbocycles. The first-order valence-corrected chi connectivity index (χ1v) is 8.04. The fraction of sp³-hybridized carbons (Fsp3) is 0.105. The second-order valence-electron chi connectivity index (χ2n) is 5.82. The van der Waals surface area contributed by atoms with Gasteiger partial charge in [0, 0.05) is 17.3 Å². The van der Waals surface area contributed by atoms with E-state index < -0.39 is 35.6 Å². The van der Waals surface area contributed by atoms with Gasteiger partial charge in [-0.25, -0.2) is 9.07 Å². The van der Waals surface area contributed by atoms with Crippen molar-refractivity contribution in [3.63, 3.8) is 0 Å². The zero-order chi connectivity index (χ0) is 20.3. The second kappa shape index (κ2) is 7.63. The SMILES string of the molecule is O=C(Cn1nc(-c2ccccc2)ccc1=O)Nc1ccc(F)c(C(F)(F)F)c1. The number of nitrogens with zero attached hydrogens (tertiary/aromatic N) is 2. The number of nitrogens with one attached hydrogen (secondary N) is 1. The van der Waals surface area contributed by atoms with Crippen molar-refractivity contribution in [2.24, 2.45) is 0 Å². The predicted octanol–water partition coefficient (Wildman–Crippen LogP) is 3.71. The van der Waals surface area contributed by atoms with Crippen LogP contribution < -0.4 is 10.9 Å². The molecule has 3 aromatic rings. The molecule has 9 heteroatoms. The molecule has 0 saturated carbocycles. The van der Waals surface area contributed by atoms with Crippen LogP contribution >= 0.6 is 0 Å². The average molecular weight is 391 g/mol. The zero-order valence-corrected chi connectivity index (χ0v) is 14.2. The normalized spacial score (nSPS) is 11.3. The molecule has 144 valence electrons. The molecule has 28 heavy (non-hydrogen) atoms. The maximum atomic E-state index is 13.3. The van der Waals surface area contributed by atoms with Crippen molar-refractivity contribution in [1.82, 2.24) is 9.78 Å². The van der Waals surface area contributed by atoms with Gasteiger partial charge >= 0.3 is 6.18 Å². The maximum absolute atomic E-state index is 13.3. The molecule has 3 rings (SSSR count). The van der Waals surface area contributed by atoms with Crippen molar-refractivity contribution in [1.29, 1.82) is 0 Å². The van der Waals surface area contributed by atoms with Crippen molar-refractivity contribution >= 4 is 11.6 Å². The van der Waals surface area contributed by atoms with E-state index in [1.807, 2.05) is 6.07 Å². The minimum absolute atomic E-state index is 0.244. The van der Waals surface area contributed by atoms with Crippen molar-refractivity contribution in [3.05, 3.63) is 82.4 Å². The van der Waals surface area contributed by atoms with Crippen molar-refractivity contribution in [3.8, 4) is 11.3 Å². The number of hydrogen-bond donors (Lipinski definition) is 1. The quantitative estimate of drug-likeness (QED) is 0.690. The number of anilines is 1. The smallest absolute Gasteiger partial charge is 0.324 e. The summed E-state index contributed by atoms with van der Waals surface area (Å²) in [4.78, 5) is 24.1. The molecule has 5 nitrogen and oxygen atoms in total. The van der Waals surface area contributed by atoms with Crippen LogP contribution in [0.15, 0.2) is 65.5 Å². The van der Waals surface area contributed by atoms with Gasteiger partial charge in [-0.15, -0.1) is 0 Å². The lowest BCUT2D eigenvalue weighted by Crippen LogP contribution is -2.29. The molecule has 1 heterocycles. The molecule has 0 aliphatic heterocycles. The third-order valence-electron chi connectivity index (χ3n) is 3.79. The maximum Gasteiger partial charge on any atom is 0.419 e. The molecular weight excluding hydrogens is 378 g/mol. The van der Waals surface area contributed by atoms with Gasteiger partial charge in [-0.3, -0.25) is 9.59 Å². The highest BCUT2D eigenvalue weighted by molar-refractivity contribution is 5.90. The molecule has 0 bridgehead atoms. The van der Waals surface area contributed by atoms with Crippen LogP contribution in [0.4, 0.5) is 23.2 Å². The van der Waals surface area contributed by atoms with Crippen LogP contribution in [0.3, 0.4) is 0 Å². The summed E-state index contributed by atoms with van der Waals surface area (Å²) in [5.74, 6) is -2.22. The molecular formula is C19H13F4N3O2. The second-order valence-corrected chi connectivity index (χ2v) is 5.82. The lowest BCUT2D eigenvalue weighted by Gasteiger charge is -2.11. The highest BCUT2D eigenvalue weighted by Crippen LogP contribution is 2.32. The fourth-order valence-corrected chi connectivity index (χ4v) is 2.48. The van der Waals surface area contributed by atoms with Crippen molar-refractivity contribution in [2.75, 3.05) is 5.32 Å². The molecule has 1 amide bonds. The molecule has 0 spiro atoms. The number of hydrogen-bond acceptors (Lipinski definition) is 3. The van der Waals surface area contributed by atoms with Gasteiger partial charge in [0.25, 0.3) is 5.56 Å². The number of rotatable bonds is 4. The number of carbonyl (C=O) groups is 1. The van der Waals surface area contributed by atoms with Gasteiger partial charge in [0.15, 0.2) is 0 Å². The molecule has 0 aliphatic carbocycles. The van der Waals surface area contributed by atoms with E-state index in [2.05, 4.69) is 10.4 Å². The summed E-state index contributed by atoms with van der Waals surface area (Å²) in [5, 5.41) is 6.31. The van der Waals surface area contributed by atoms with E-state index >= 15 is 0 Å². The molecule has 0 saturated heterocycles. The number of benzene rings is 2. The monoisotopic (exact) mass is 391 g/mol. The van der Waals surface area contributed by atoms with E-state index in [0.29, 0.717) is 17.8 Å². The van der Waals surface area contributed by atoms with Gasteiger partial charge < -0.3 is 5.32 Å². The Bertz CT molecular complexity index is 1060. The van der Waals surface area contributed by atoms with Crippen LogP contribution in [-0.4, -0.2) is 15.7 Å². The lowest BCUT2D eigenvalue weighted by molar-refractivity contribution is -0.140. The van der Waals surface area contributed by atoms with E-state index in [-0.39, 0.29) is 5.69 Å². The molecule has 0 fully saturated rings. The van der Waals surface area contributed by atoms with Crippen LogP contribution in [0.25, 0.3) is 11.3 Å². The van der Waals surface area contributed by atoms with Gasteiger partial charge in [0.05, 0.1) is 11.3 Å². The number of carbonyl (C=O) groups excluding carboxylic acids is 1. The average Bonchev–Trinajstić information content (AvgIpc) is 2.65. The van der Waals surface area contributed by atoms with E-state index in [1.165, 1.54) is 12.1 Å². The summed E-state index contributed by atoms with van der Waals surface area (Å²) in [6.45, 7) is -0.516. The topological polar surface area (TPSA) is 64.0 Å². The van der Waals surface area contributed by atoms with E-state index in [4.69, 9.17) is 0 Å². The van der Waals surface area contributed by atoms with Gasteiger partial charge in [-0.05, 0) is 24.3 Å². The molecule has 1 N–H and O–H groups in total. The number of alkyl halides is 3. The molecule has 0 atom stereocenters. The van der Waals surface area contributed by atoms with Crippen molar-refractivity contribution < 1.29 is 22.4 Å². The lowest BCUT2D eigenvalue weighted by atomic mass is 10.1. The van der Waals surface area contributed by atoms with Gasteiger partial charge in [0.1, 0.15) is 12.4 Å². The number of amides is 1. The standard InChI is InChI=1S/C19H13F4N3O2/c20-15-7-6-13(10-14(15)19(21,22)23)24-17(27)11-26-18(28)9-8-16(25-26)12-4-2-1-3-5-12/h1-10H,11H2,(H,24,27). The Morgan fingerprint density at radius 2 is 1.75 bits per heavy atom. The summed E-state index contributed by atoms with van der Waals surface area (Å²) in [7, 11) is 0. The predicted molar refractivity (Wildman–Crippen MR) is 94.0 cm³/mol. The molecule has 0 aliphatic rings. The Kier molecular flexibility index (Phi) is 5.25. The first-order chi connectivity index (χ1) is 13.2. The summed E-state index contributed by atoms with van der Waals surface area (Å²) in [5.41, 5.74) is -1.11. The third-order valence-corrected chi connectivity index (χ3v) is 3.79. The van der Waals surface area contributed by atoms with E-state index in [0.717, 1.165) is 16.3 Å². The number of halogens is 4. The fourth-order valence-electron chi connectivity index (χ4n) is 2.48. The first-order valence-electron chi connectivity index (χ1n) is 8.04. The van der Waals surface area contributed by atoms with E-state index in [9.17, 15) is 27.2 Å². The van der Waals surface area contributed by atoms with Crippen LogP contribution in [0.2, 0.25) is 0 Å². The summed E-state index contributed by atoms with van der Waals surface area (Å²) >= 11 is 0. The molecule has 0 unspecified atom stereocenters. The minimum atomic E-state index is -4.90. The van der Waals surface area contributed by atoms with Crippen molar-refractivity contribution in [2.45, 2.75) is 12.7 Å². The Balaban J connectivity index is 1.80. The van der Waals surface area contributed by atoms with Gasteiger partial charge in [-0.2, -0.15) is 18.3 Å². The van der Waals surface area contributed by atoms with Gasteiger partial charge in [-0.1, -0.05) is 30.3 Å². The Labute approximate surface area is 156 Å². The van der Waals surface area contributed by atoms with Crippen LogP contribution in [0.1, 0.15) is 5.56 Å².